The van der Waals surface area contributed by atoms with Gasteiger partial charge < -0.3 is 14.8 Å². The maximum absolute atomic E-state index is 12.1. The molecule has 0 bridgehead atoms. The molecule has 3 rings (SSSR count). The van der Waals surface area contributed by atoms with Crippen LogP contribution in [-0.4, -0.2) is 11.0 Å². The van der Waals surface area contributed by atoms with Crippen LogP contribution in [0.25, 0.3) is 11.3 Å². The smallest absolute Gasteiger partial charge is 0.220 e. The molecule has 4 nitrogen and oxygen atoms in total. The topological polar surface area (TPSA) is 62.5 Å². The van der Waals surface area contributed by atoms with E-state index in [1.807, 2.05) is 66.7 Å². The lowest BCUT2D eigenvalue weighted by atomic mass is 10.1. The van der Waals surface area contributed by atoms with Crippen LogP contribution >= 0.6 is 0 Å². The molecule has 2 N–H and O–H groups in total. The number of carbonyl (C=O) groups excluding carboxylic acids is 1. The SMILES string of the molecule is O=C(CCc1ccc(-c2ccccc2)o1)NCc1ccccc1CO. The highest BCUT2D eigenvalue weighted by Crippen LogP contribution is 2.22. The Hall–Kier alpha value is -2.85. The van der Waals surface area contributed by atoms with Crippen molar-refractivity contribution in [2.24, 2.45) is 0 Å². The predicted molar refractivity (Wildman–Crippen MR) is 96.7 cm³/mol. The second-order valence-electron chi connectivity index (χ2n) is 5.84. The van der Waals surface area contributed by atoms with Gasteiger partial charge in [0.1, 0.15) is 11.5 Å². The molecule has 0 aliphatic carbocycles. The predicted octanol–water partition coefficient (Wildman–Crippen LogP) is 3.69. The van der Waals surface area contributed by atoms with Crippen molar-refractivity contribution in [3.05, 3.63) is 83.6 Å². The molecule has 0 fully saturated rings. The molecule has 0 saturated heterocycles. The summed E-state index contributed by atoms with van der Waals surface area (Å²) in [4.78, 5) is 12.1. The number of hydrogen-bond donors (Lipinski definition) is 2. The van der Waals surface area contributed by atoms with Crippen LogP contribution in [0.2, 0.25) is 0 Å². The Morgan fingerprint density at radius 1 is 0.920 bits per heavy atom. The fourth-order valence-corrected chi connectivity index (χ4v) is 2.67. The summed E-state index contributed by atoms with van der Waals surface area (Å²) in [6.45, 7) is 0.393. The van der Waals surface area contributed by atoms with Crippen LogP contribution in [0.4, 0.5) is 0 Å². The first-order chi connectivity index (χ1) is 12.3. The summed E-state index contributed by atoms with van der Waals surface area (Å²) in [5.41, 5.74) is 2.79. The summed E-state index contributed by atoms with van der Waals surface area (Å²) in [6, 6.07) is 21.3. The number of aliphatic hydroxyl groups excluding tert-OH is 1. The lowest BCUT2D eigenvalue weighted by Gasteiger charge is -2.08. The van der Waals surface area contributed by atoms with Gasteiger partial charge in [0.05, 0.1) is 6.61 Å². The Kier molecular flexibility index (Phi) is 5.65. The van der Waals surface area contributed by atoms with Crippen molar-refractivity contribution in [2.75, 3.05) is 0 Å². The van der Waals surface area contributed by atoms with Crippen LogP contribution in [0.5, 0.6) is 0 Å². The van der Waals surface area contributed by atoms with Crippen LogP contribution in [0.15, 0.2) is 71.1 Å². The highest BCUT2D eigenvalue weighted by atomic mass is 16.3. The lowest BCUT2D eigenvalue weighted by molar-refractivity contribution is -0.121. The maximum atomic E-state index is 12.1. The normalized spacial score (nSPS) is 10.6. The van der Waals surface area contributed by atoms with Gasteiger partial charge in [0.25, 0.3) is 0 Å². The molecule has 1 heterocycles. The minimum atomic E-state index is -0.0367. The average Bonchev–Trinajstić information content (AvgIpc) is 3.14. The number of nitrogens with one attached hydrogen (secondary N) is 1. The second kappa shape index (κ2) is 8.31. The Morgan fingerprint density at radius 3 is 2.40 bits per heavy atom. The Morgan fingerprint density at radius 2 is 1.64 bits per heavy atom. The zero-order valence-corrected chi connectivity index (χ0v) is 13.9. The van der Waals surface area contributed by atoms with Crippen LogP contribution in [0, 0.1) is 0 Å². The fourth-order valence-electron chi connectivity index (χ4n) is 2.67. The van der Waals surface area contributed by atoms with Crippen molar-refractivity contribution in [3.8, 4) is 11.3 Å². The van der Waals surface area contributed by atoms with Crippen molar-refractivity contribution in [3.63, 3.8) is 0 Å². The first-order valence-corrected chi connectivity index (χ1v) is 8.35. The van der Waals surface area contributed by atoms with Gasteiger partial charge >= 0.3 is 0 Å². The molecule has 1 aromatic heterocycles. The Balaban J connectivity index is 1.50. The largest absolute Gasteiger partial charge is 0.461 e. The van der Waals surface area contributed by atoms with Crippen LogP contribution in [0.1, 0.15) is 23.3 Å². The van der Waals surface area contributed by atoms with Gasteiger partial charge in [-0.15, -0.1) is 0 Å². The van der Waals surface area contributed by atoms with Crippen LogP contribution < -0.4 is 5.32 Å². The van der Waals surface area contributed by atoms with E-state index in [1.54, 1.807) is 0 Å². The van der Waals surface area contributed by atoms with E-state index in [2.05, 4.69) is 5.32 Å². The van der Waals surface area contributed by atoms with Crippen LogP contribution in [0.3, 0.4) is 0 Å². The van der Waals surface area contributed by atoms with E-state index in [0.29, 0.717) is 19.4 Å². The lowest BCUT2D eigenvalue weighted by Crippen LogP contribution is -2.23. The van der Waals surface area contributed by atoms with Gasteiger partial charge in [-0.25, -0.2) is 0 Å². The minimum absolute atomic E-state index is 0.0271. The van der Waals surface area contributed by atoms with Crippen molar-refractivity contribution in [2.45, 2.75) is 26.0 Å². The fraction of sp³-hybridized carbons (Fsp3) is 0.190. The summed E-state index contributed by atoms with van der Waals surface area (Å²) >= 11 is 0. The van der Waals surface area contributed by atoms with E-state index in [4.69, 9.17) is 4.42 Å². The quantitative estimate of drug-likeness (QED) is 0.692. The zero-order valence-electron chi connectivity index (χ0n) is 13.9. The van der Waals surface area contributed by atoms with Crippen molar-refractivity contribution < 1.29 is 14.3 Å². The summed E-state index contributed by atoms with van der Waals surface area (Å²) in [6.07, 6.45) is 0.920. The molecule has 128 valence electrons. The molecule has 25 heavy (non-hydrogen) atoms. The van der Waals surface area contributed by atoms with E-state index in [-0.39, 0.29) is 12.5 Å². The molecule has 0 saturated carbocycles. The molecule has 0 atom stereocenters. The molecule has 0 radical (unpaired) electrons. The van der Waals surface area contributed by atoms with Crippen molar-refractivity contribution >= 4 is 5.91 Å². The van der Waals surface area contributed by atoms with Crippen LogP contribution in [-0.2, 0) is 24.4 Å². The maximum Gasteiger partial charge on any atom is 0.220 e. The number of amides is 1. The van der Waals surface area contributed by atoms with Gasteiger partial charge in [-0.2, -0.15) is 0 Å². The molecule has 0 aliphatic rings. The number of hydrogen-bond acceptors (Lipinski definition) is 3. The van der Waals surface area contributed by atoms with E-state index < -0.39 is 0 Å². The second-order valence-corrected chi connectivity index (χ2v) is 5.84. The third-order valence-electron chi connectivity index (χ3n) is 4.08. The number of aryl methyl sites for hydroxylation is 1. The van der Waals surface area contributed by atoms with Gasteiger partial charge in [0.15, 0.2) is 0 Å². The third-order valence-corrected chi connectivity index (χ3v) is 4.08. The minimum Gasteiger partial charge on any atom is -0.461 e. The van der Waals surface area contributed by atoms with E-state index in [1.165, 1.54) is 0 Å². The first-order valence-electron chi connectivity index (χ1n) is 8.35. The first kappa shape index (κ1) is 17.0. The Bertz CT molecular complexity index is 824. The summed E-state index contributed by atoms with van der Waals surface area (Å²) in [5, 5.41) is 12.2. The summed E-state index contributed by atoms with van der Waals surface area (Å²) in [5.74, 6) is 1.57. The third kappa shape index (κ3) is 4.58. The molecule has 3 aromatic rings. The zero-order chi connectivity index (χ0) is 17.5. The summed E-state index contributed by atoms with van der Waals surface area (Å²) in [7, 11) is 0. The van der Waals surface area contributed by atoms with E-state index in [0.717, 1.165) is 28.2 Å². The molecular weight excluding hydrogens is 314 g/mol. The number of furan rings is 1. The van der Waals surface area contributed by atoms with Gasteiger partial charge in [-0.3, -0.25) is 4.79 Å². The van der Waals surface area contributed by atoms with Crippen molar-refractivity contribution in [1.29, 1.82) is 0 Å². The molecule has 0 aliphatic heterocycles. The molecule has 0 unspecified atom stereocenters. The standard InChI is InChI=1S/C21H21NO3/c23-15-18-9-5-4-8-17(18)14-22-21(24)13-11-19-10-12-20(25-19)16-6-2-1-3-7-16/h1-10,12,23H,11,13-15H2,(H,22,24). The highest BCUT2D eigenvalue weighted by Gasteiger charge is 2.08. The summed E-state index contributed by atoms with van der Waals surface area (Å²) < 4.78 is 5.81. The van der Waals surface area contributed by atoms with Gasteiger partial charge in [-0.05, 0) is 23.3 Å². The van der Waals surface area contributed by atoms with Gasteiger partial charge in [0, 0.05) is 24.9 Å². The number of rotatable bonds is 7. The monoisotopic (exact) mass is 335 g/mol. The van der Waals surface area contributed by atoms with Gasteiger partial charge in [0.2, 0.25) is 5.91 Å². The molecular formula is C21H21NO3. The molecule has 1 amide bonds. The average molecular weight is 335 g/mol. The van der Waals surface area contributed by atoms with E-state index in [9.17, 15) is 9.90 Å². The molecule has 2 aromatic carbocycles. The highest BCUT2D eigenvalue weighted by molar-refractivity contribution is 5.76. The molecule has 0 spiro atoms. The van der Waals surface area contributed by atoms with E-state index >= 15 is 0 Å². The Labute approximate surface area is 147 Å². The van der Waals surface area contributed by atoms with Crippen molar-refractivity contribution in [1.82, 2.24) is 5.32 Å². The molecule has 4 heteroatoms. The van der Waals surface area contributed by atoms with Gasteiger partial charge in [-0.1, -0.05) is 54.6 Å². The number of benzene rings is 2. The number of aliphatic hydroxyl groups is 1. The number of carbonyl (C=O) groups is 1.